The van der Waals surface area contributed by atoms with Gasteiger partial charge in [0.25, 0.3) is 0 Å². The minimum atomic E-state index is -1.02. The normalized spacial score (nSPS) is 41.7. The number of carboxylic acid groups (broad SMARTS) is 1. The zero-order chi connectivity index (χ0) is 32.2. The highest BCUT2D eigenvalue weighted by molar-refractivity contribution is 5.85. The molecule has 4 saturated carbocycles. The summed E-state index contributed by atoms with van der Waals surface area (Å²) < 4.78 is 11.3. The first kappa shape index (κ1) is 31.9. The summed E-state index contributed by atoms with van der Waals surface area (Å²) in [5, 5.41) is 17.5. The van der Waals surface area contributed by atoms with Crippen molar-refractivity contribution in [2.24, 2.45) is 46.2 Å². The van der Waals surface area contributed by atoms with E-state index in [9.17, 15) is 19.2 Å². The molecule has 1 aromatic rings. The third-order valence-electron chi connectivity index (χ3n) is 13.2. The van der Waals surface area contributed by atoms with Crippen LogP contribution in [-0.2, 0) is 35.1 Å². The molecule has 0 amide bonds. The van der Waals surface area contributed by atoms with Crippen LogP contribution < -0.4 is 5.73 Å². The zero-order valence-electron chi connectivity index (χ0n) is 26.4. The van der Waals surface area contributed by atoms with Crippen LogP contribution in [0.1, 0.15) is 83.6 Å². The van der Waals surface area contributed by atoms with Crippen LogP contribution >= 0.6 is 0 Å². The quantitative estimate of drug-likeness (QED) is 0.222. The second kappa shape index (κ2) is 11.6. The Balaban J connectivity index is 0.000000232. The molecule has 1 unspecified atom stereocenters. The number of carbonyl (C=O) groups is 4. The Morgan fingerprint density at radius 2 is 1.76 bits per heavy atom. The fourth-order valence-electron chi connectivity index (χ4n) is 10.7. The predicted octanol–water partition coefficient (Wildman–Crippen LogP) is 4.77. The van der Waals surface area contributed by atoms with E-state index in [1.807, 2.05) is 0 Å². The van der Waals surface area contributed by atoms with Gasteiger partial charge in [0.1, 0.15) is 30.3 Å². The SMILES string of the molecule is C[C@]12CC[C@@]3(C[C@H]1CC[C@@H]1[C@@H]2CC[C@]2(C)[C@@H](C4=CC(=O)OC4)CC[C@@H]12)OC3(C=O)CC=O.N[C@@H](Cc1ccc(O)cc1)C(=O)O. The number of rotatable bonds is 7. The minimum Gasteiger partial charge on any atom is -0.508 e. The molecule has 1 aromatic carbocycles. The molecule has 4 N–H and O–H groups in total. The van der Waals surface area contributed by atoms with Crippen molar-refractivity contribution < 1.29 is 38.9 Å². The highest BCUT2D eigenvalue weighted by Gasteiger charge is 2.73. The number of ether oxygens (including phenoxy) is 2. The molecule has 1 spiro atoms. The van der Waals surface area contributed by atoms with E-state index in [1.165, 1.54) is 56.2 Å². The van der Waals surface area contributed by atoms with Crippen LogP contribution in [0.4, 0.5) is 0 Å². The Hall–Kier alpha value is -3.04. The van der Waals surface area contributed by atoms with Gasteiger partial charge < -0.3 is 30.2 Å². The number of carbonyl (C=O) groups excluding carboxylic acids is 3. The van der Waals surface area contributed by atoms with E-state index >= 15 is 0 Å². The fraction of sp³-hybridized carbons (Fsp3) is 0.667. The van der Waals surface area contributed by atoms with Gasteiger partial charge in [-0.2, -0.15) is 0 Å². The van der Waals surface area contributed by atoms with Crippen LogP contribution in [0.2, 0.25) is 0 Å². The monoisotopic (exact) mass is 621 g/mol. The van der Waals surface area contributed by atoms with E-state index in [1.54, 1.807) is 18.2 Å². The average molecular weight is 622 g/mol. The lowest BCUT2D eigenvalue weighted by Crippen LogP contribution is -2.55. The van der Waals surface area contributed by atoms with Gasteiger partial charge in [0.05, 0.1) is 0 Å². The number of phenols is 1. The number of hydrogen-bond acceptors (Lipinski definition) is 8. The summed E-state index contributed by atoms with van der Waals surface area (Å²) in [4.78, 5) is 45.1. The number of carboxylic acids is 1. The highest BCUT2D eigenvalue weighted by Crippen LogP contribution is 2.71. The standard InChI is InChI=1S/C27H36O5.C9H11NO3/c1-24-9-10-26(27(16-29,32-26)11-12-28)14-18(24)3-4-19-21-6-5-20(17-13-23(30)31-15-17)25(21,2)8-7-22(19)24;10-8(9(12)13)5-6-1-3-7(11)4-2-6/h12-13,16,18-22H,3-11,14-15H2,1-2H3;1-4,8,11H,5,10H2,(H,12,13)/t18-,19+,20-,21+,22+,24+,25-,26+,27?;8-/m10/s1. The van der Waals surface area contributed by atoms with Gasteiger partial charge in [-0.25, -0.2) is 4.79 Å². The van der Waals surface area contributed by atoms with E-state index in [4.69, 9.17) is 25.4 Å². The van der Waals surface area contributed by atoms with Crippen molar-refractivity contribution in [3.63, 3.8) is 0 Å². The number of aliphatic carboxylic acids is 1. The molecule has 4 aliphatic carbocycles. The van der Waals surface area contributed by atoms with Gasteiger partial charge >= 0.3 is 11.9 Å². The second-order valence-electron chi connectivity index (χ2n) is 15.2. The summed E-state index contributed by atoms with van der Waals surface area (Å²) in [6.45, 7) is 5.52. The molecule has 1 saturated heterocycles. The molecule has 7 rings (SSSR count). The topological polar surface area (TPSA) is 157 Å². The predicted molar refractivity (Wildman–Crippen MR) is 165 cm³/mol. The molecule has 244 valence electrons. The Bertz CT molecular complexity index is 1380. The van der Waals surface area contributed by atoms with E-state index in [-0.39, 0.29) is 35.6 Å². The van der Waals surface area contributed by atoms with Crippen LogP contribution in [0.15, 0.2) is 35.9 Å². The lowest BCUT2D eigenvalue weighted by molar-refractivity contribution is -0.138. The number of benzene rings is 1. The summed E-state index contributed by atoms with van der Waals surface area (Å²) >= 11 is 0. The number of aldehydes is 2. The van der Waals surface area contributed by atoms with E-state index in [0.29, 0.717) is 23.9 Å². The Morgan fingerprint density at radius 1 is 1.02 bits per heavy atom. The molecule has 10 atom stereocenters. The van der Waals surface area contributed by atoms with E-state index < -0.39 is 17.6 Å². The molecular weight excluding hydrogens is 574 g/mol. The molecule has 9 nitrogen and oxygen atoms in total. The number of hydrogen-bond donors (Lipinski definition) is 3. The summed E-state index contributed by atoms with van der Waals surface area (Å²) in [5.74, 6) is 2.29. The van der Waals surface area contributed by atoms with Crippen molar-refractivity contribution in [3.8, 4) is 5.75 Å². The largest absolute Gasteiger partial charge is 0.508 e. The number of aromatic hydroxyl groups is 1. The lowest BCUT2D eigenvalue weighted by atomic mass is 9.43. The van der Waals surface area contributed by atoms with Crippen LogP contribution in [-0.4, -0.2) is 58.6 Å². The highest BCUT2D eigenvalue weighted by atomic mass is 16.6. The summed E-state index contributed by atoms with van der Waals surface area (Å²) in [6.07, 6.45) is 14.4. The van der Waals surface area contributed by atoms with Crippen molar-refractivity contribution in [2.45, 2.75) is 102 Å². The van der Waals surface area contributed by atoms with Gasteiger partial charge in [-0.05, 0) is 128 Å². The number of esters is 1. The zero-order valence-corrected chi connectivity index (χ0v) is 26.4. The lowest BCUT2D eigenvalue weighted by Gasteiger charge is -2.61. The smallest absolute Gasteiger partial charge is 0.331 e. The maximum atomic E-state index is 11.8. The van der Waals surface area contributed by atoms with Crippen LogP contribution in [0.3, 0.4) is 0 Å². The van der Waals surface area contributed by atoms with E-state index in [2.05, 4.69) is 13.8 Å². The number of fused-ring (bicyclic) bond motifs is 5. The molecule has 0 bridgehead atoms. The van der Waals surface area contributed by atoms with Crippen molar-refractivity contribution in [1.82, 2.24) is 0 Å². The van der Waals surface area contributed by atoms with Gasteiger partial charge in [-0.1, -0.05) is 26.0 Å². The molecule has 2 heterocycles. The number of epoxide rings is 1. The Morgan fingerprint density at radius 3 is 2.40 bits per heavy atom. The summed E-state index contributed by atoms with van der Waals surface area (Å²) in [5.41, 5.74) is 6.74. The number of cyclic esters (lactones) is 1. The molecular formula is C36H47NO8. The van der Waals surface area contributed by atoms with Crippen molar-refractivity contribution in [3.05, 3.63) is 41.5 Å². The first-order chi connectivity index (χ1) is 21.4. The van der Waals surface area contributed by atoms with Crippen molar-refractivity contribution in [2.75, 3.05) is 6.61 Å². The van der Waals surface area contributed by atoms with Crippen molar-refractivity contribution in [1.29, 1.82) is 0 Å². The Kier molecular flexibility index (Phi) is 8.26. The second-order valence-corrected chi connectivity index (χ2v) is 15.2. The van der Waals surface area contributed by atoms with Gasteiger partial charge in [0.2, 0.25) is 0 Å². The third kappa shape index (κ3) is 5.33. The summed E-state index contributed by atoms with van der Waals surface area (Å²) in [7, 11) is 0. The number of nitrogens with two attached hydrogens (primary N) is 1. The molecule has 6 aliphatic rings. The van der Waals surface area contributed by atoms with Gasteiger partial charge in [-0.3, -0.25) is 9.59 Å². The maximum Gasteiger partial charge on any atom is 0.331 e. The average Bonchev–Trinajstić information content (AvgIpc) is 3.24. The van der Waals surface area contributed by atoms with E-state index in [0.717, 1.165) is 55.2 Å². The van der Waals surface area contributed by atoms with Crippen LogP contribution in [0.25, 0.3) is 0 Å². The van der Waals surface area contributed by atoms with Crippen LogP contribution in [0.5, 0.6) is 5.75 Å². The fourth-order valence-corrected chi connectivity index (χ4v) is 10.7. The maximum absolute atomic E-state index is 11.8. The first-order valence-electron chi connectivity index (χ1n) is 16.6. The third-order valence-corrected chi connectivity index (χ3v) is 13.2. The van der Waals surface area contributed by atoms with Crippen LogP contribution in [0, 0.1) is 40.4 Å². The van der Waals surface area contributed by atoms with Crippen molar-refractivity contribution >= 4 is 24.5 Å². The molecule has 5 fully saturated rings. The minimum absolute atomic E-state index is 0.159. The molecule has 9 heteroatoms. The van der Waals surface area contributed by atoms with Gasteiger partial charge in [-0.15, -0.1) is 0 Å². The Labute approximate surface area is 264 Å². The molecule has 0 radical (unpaired) electrons. The van der Waals surface area contributed by atoms with Gasteiger partial charge in [0.15, 0.2) is 11.9 Å². The molecule has 0 aromatic heterocycles. The summed E-state index contributed by atoms with van der Waals surface area (Å²) in [6, 6.07) is 5.42. The first-order valence-corrected chi connectivity index (χ1v) is 16.6. The van der Waals surface area contributed by atoms with Gasteiger partial charge in [0, 0.05) is 12.5 Å². The molecule has 2 aliphatic heterocycles. The molecule has 45 heavy (non-hydrogen) atoms. The number of phenolic OH excluding ortho intramolecular Hbond substituents is 1.